The molecule has 0 aliphatic heterocycles. The van der Waals surface area contributed by atoms with Gasteiger partial charge in [0.2, 0.25) is 0 Å². The van der Waals surface area contributed by atoms with E-state index in [2.05, 4.69) is 219 Å². The van der Waals surface area contributed by atoms with Crippen LogP contribution in [0.2, 0.25) is 0 Å². The van der Waals surface area contributed by atoms with Gasteiger partial charge < -0.3 is 9.32 Å². The predicted molar refractivity (Wildman–Crippen MR) is 248 cm³/mol. The third kappa shape index (κ3) is 5.79. The molecule has 0 unspecified atom stereocenters. The third-order valence-electron chi connectivity index (χ3n) is 12.3. The van der Waals surface area contributed by atoms with E-state index in [0.717, 1.165) is 61.3 Å². The average molecular weight is 756 g/mol. The number of para-hydroxylation sites is 2. The molecule has 9 aromatic carbocycles. The fourth-order valence-corrected chi connectivity index (χ4v) is 9.40. The lowest BCUT2D eigenvalue weighted by Crippen LogP contribution is -2.15. The Hall–Kier alpha value is -7.42. The summed E-state index contributed by atoms with van der Waals surface area (Å²) >= 11 is 0. The molecule has 0 spiro atoms. The van der Waals surface area contributed by atoms with Gasteiger partial charge in [-0.1, -0.05) is 178 Å². The Kier molecular flexibility index (Phi) is 8.20. The normalized spacial score (nSPS) is 12.7. The van der Waals surface area contributed by atoms with Crippen LogP contribution in [0.4, 0.5) is 17.1 Å². The monoisotopic (exact) mass is 755 g/mol. The topological polar surface area (TPSA) is 16.4 Å². The van der Waals surface area contributed by atoms with Crippen molar-refractivity contribution in [3.63, 3.8) is 0 Å². The molecule has 1 aliphatic carbocycles. The van der Waals surface area contributed by atoms with Gasteiger partial charge in [-0.05, 0) is 104 Å². The maximum Gasteiger partial charge on any atom is 0.136 e. The van der Waals surface area contributed by atoms with Gasteiger partial charge in [0.1, 0.15) is 11.2 Å². The first-order valence-electron chi connectivity index (χ1n) is 20.4. The fourth-order valence-electron chi connectivity index (χ4n) is 9.40. The molecule has 0 saturated heterocycles. The second kappa shape index (κ2) is 13.9. The van der Waals surface area contributed by atoms with Crippen molar-refractivity contribution in [2.45, 2.75) is 19.3 Å². The van der Waals surface area contributed by atoms with Crippen LogP contribution in [0.5, 0.6) is 0 Å². The molecule has 1 aliphatic rings. The van der Waals surface area contributed by atoms with Gasteiger partial charge in [-0.25, -0.2) is 0 Å². The Labute approximate surface area is 345 Å². The summed E-state index contributed by atoms with van der Waals surface area (Å²) in [4.78, 5) is 2.47. The van der Waals surface area contributed by atoms with Crippen LogP contribution in [0, 0.1) is 0 Å². The number of nitrogens with zero attached hydrogens (tertiary/aromatic N) is 1. The molecule has 2 heteroatoms. The molecule has 0 bridgehead atoms. The molecule has 1 aromatic heterocycles. The number of rotatable bonds is 7. The second-order valence-corrected chi connectivity index (χ2v) is 16.1. The van der Waals surface area contributed by atoms with Crippen LogP contribution in [0.1, 0.15) is 25.0 Å². The largest absolute Gasteiger partial charge is 0.456 e. The summed E-state index contributed by atoms with van der Waals surface area (Å²) in [6.07, 6.45) is 0. The number of benzene rings is 9. The van der Waals surface area contributed by atoms with Crippen LogP contribution in [0.15, 0.2) is 217 Å². The molecule has 0 fully saturated rings. The molecule has 0 amide bonds. The number of hydrogen-bond donors (Lipinski definition) is 0. The highest BCUT2D eigenvalue weighted by Gasteiger charge is 2.37. The van der Waals surface area contributed by atoms with E-state index in [1.807, 2.05) is 12.1 Å². The molecule has 0 saturated carbocycles. The maximum absolute atomic E-state index is 6.37. The fraction of sp³-hybridized carbons (Fsp3) is 0.0526. The van der Waals surface area contributed by atoms with Gasteiger partial charge in [-0.3, -0.25) is 0 Å². The minimum atomic E-state index is -0.112. The van der Waals surface area contributed by atoms with E-state index in [1.165, 1.54) is 44.5 Å². The van der Waals surface area contributed by atoms with Gasteiger partial charge in [0.05, 0.1) is 11.4 Å². The van der Waals surface area contributed by atoms with Gasteiger partial charge in [0.15, 0.2) is 0 Å². The van der Waals surface area contributed by atoms with Crippen molar-refractivity contribution in [2.24, 2.45) is 0 Å². The van der Waals surface area contributed by atoms with E-state index in [1.54, 1.807) is 0 Å². The first-order chi connectivity index (χ1) is 29.0. The number of hydrogen-bond acceptors (Lipinski definition) is 2. The summed E-state index contributed by atoms with van der Waals surface area (Å²) in [7, 11) is 0. The molecule has 10 aromatic rings. The summed E-state index contributed by atoms with van der Waals surface area (Å²) in [5.41, 5.74) is 19.6. The van der Waals surface area contributed by atoms with E-state index >= 15 is 0 Å². The Balaban J connectivity index is 1.16. The van der Waals surface area contributed by atoms with E-state index in [9.17, 15) is 0 Å². The minimum absolute atomic E-state index is 0.112. The van der Waals surface area contributed by atoms with Crippen LogP contribution >= 0.6 is 0 Å². The van der Waals surface area contributed by atoms with Crippen molar-refractivity contribution in [2.75, 3.05) is 4.90 Å². The summed E-state index contributed by atoms with van der Waals surface area (Å²) in [5, 5.41) is 2.26. The first-order valence-corrected chi connectivity index (χ1v) is 20.4. The smallest absolute Gasteiger partial charge is 0.136 e. The number of furan rings is 1. The Morgan fingerprint density at radius 2 is 0.932 bits per heavy atom. The zero-order chi connectivity index (χ0) is 39.5. The van der Waals surface area contributed by atoms with E-state index in [-0.39, 0.29) is 5.41 Å². The van der Waals surface area contributed by atoms with Gasteiger partial charge in [0.25, 0.3) is 0 Å². The second-order valence-electron chi connectivity index (χ2n) is 16.1. The van der Waals surface area contributed by atoms with Crippen molar-refractivity contribution >= 4 is 39.0 Å². The lowest BCUT2D eigenvalue weighted by atomic mass is 9.82. The van der Waals surface area contributed by atoms with E-state index in [0.29, 0.717) is 0 Å². The summed E-state index contributed by atoms with van der Waals surface area (Å²) in [6, 6.07) is 77.0. The highest BCUT2D eigenvalue weighted by Crippen LogP contribution is 2.54. The molecule has 0 radical (unpaired) electrons. The van der Waals surface area contributed by atoms with Gasteiger partial charge in [-0.2, -0.15) is 0 Å². The zero-order valence-electron chi connectivity index (χ0n) is 33.1. The molecule has 2 nitrogen and oxygen atoms in total. The van der Waals surface area contributed by atoms with Gasteiger partial charge in [0, 0.05) is 33.0 Å². The Bertz CT molecular complexity index is 3190. The van der Waals surface area contributed by atoms with Crippen LogP contribution in [0.3, 0.4) is 0 Å². The molecular weight excluding hydrogens is 715 g/mol. The van der Waals surface area contributed by atoms with Crippen LogP contribution in [-0.2, 0) is 5.41 Å². The molecule has 59 heavy (non-hydrogen) atoms. The van der Waals surface area contributed by atoms with E-state index in [4.69, 9.17) is 4.42 Å². The van der Waals surface area contributed by atoms with Crippen molar-refractivity contribution in [3.05, 3.63) is 223 Å². The highest BCUT2D eigenvalue weighted by atomic mass is 16.3. The molecule has 11 rings (SSSR count). The van der Waals surface area contributed by atoms with Gasteiger partial charge >= 0.3 is 0 Å². The third-order valence-corrected chi connectivity index (χ3v) is 12.3. The zero-order valence-corrected chi connectivity index (χ0v) is 33.1. The molecule has 0 N–H and O–H groups in total. The number of anilines is 3. The summed E-state index contributed by atoms with van der Waals surface area (Å²) in [6.45, 7) is 4.71. The molecule has 0 atom stereocenters. The van der Waals surface area contributed by atoms with Crippen LogP contribution in [0.25, 0.3) is 77.6 Å². The molecular formula is C57H41NO. The molecule has 280 valence electrons. The van der Waals surface area contributed by atoms with Crippen molar-refractivity contribution in [3.8, 4) is 55.6 Å². The summed E-state index contributed by atoms with van der Waals surface area (Å²) in [5.74, 6) is 0. The predicted octanol–water partition coefficient (Wildman–Crippen LogP) is 16.0. The first kappa shape index (κ1) is 34.8. The van der Waals surface area contributed by atoms with Crippen molar-refractivity contribution in [1.29, 1.82) is 0 Å². The molecule has 1 heterocycles. The van der Waals surface area contributed by atoms with Crippen LogP contribution in [-0.4, -0.2) is 0 Å². The SMILES string of the molecule is CC1(C)c2ccccc2-c2c(-c3ccccc3N(c3cccc(-c4ccc5c(c4)oc4ccccc45)c3)c3ccc(-c4ccccc4)cc3-c3ccccc3)cccc21. The average Bonchev–Trinajstić information content (AvgIpc) is 3.79. The van der Waals surface area contributed by atoms with E-state index < -0.39 is 0 Å². The van der Waals surface area contributed by atoms with Crippen LogP contribution < -0.4 is 4.90 Å². The highest BCUT2D eigenvalue weighted by molar-refractivity contribution is 6.06. The van der Waals surface area contributed by atoms with Crippen molar-refractivity contribution < 1.29 is 4.42 Å². The number of fused-ring (bicyclic) bond motifs is 6. The minimum Gasteiger partial charge on any atom is -0.456 e. The summed E-state index contributed by atoms with van der Waals surface area (Å²) < 4.78 is 6.37. The standard InChI is InChI=1S/C57H41NO/c1-57(2)50-27-12-9-25-48(50)56-47(26-16-28-51(56)57)44-23-10-13-29-52(44)58(53-34-32-41(38-17-5-3-6-18-38)36-49(53)39-19-7-4-8-20-39)43-22-15-21-40(35-43)42-31-33-46-45-24-11-14-30-54(45)59-55(46)37-42/h3-37H,1-2H3. The lowest BCUT2D eigenvalue weighted by molar-refractivity contribution is 0.660. The Morgan fingerprint density at radius 1 is 0.356 bits per heavy atom. The lowest BCUT2D eigenvalue weighted by Gasteiger charge is -2.31. The van der Waals surface area contributed by atoms with Gasteiger partial charge in [-0.15, -0.1) is 0 Å². The quantitative estimate of drug-likeness (QED) is 0.161. The maximum atomic E-state index is 6.37. The Morgan fingerprint density at radius 3 is 1.78 bits per heavy atom. The van der Waals surface area contributed by atoms with Crippen molar-refractivity contribution in [1.82, 2.24) is 0 Å².